The average Bonchev–Trinajstić information content (AvgIpc) is 2.67. The molecule has 0 bridgehead atoms. The van der Waals surface area contributed by atoms with Crippen LogP contribution >= 0.6 is 0 Å². The Hall–Kier alpha value is -2.63. The van der Waals surface area contributed by atoms with E-state index in [9.17, 15) is 14.4 Å². The number of ether oxygens (including phenoxy) is 1. The van der Waals surface area contributed by atoms with E-state index < -0.39 is 17.8 Å². The van der Waals surface area contributed by atoms with Crippen molar-refractivity contribution < 1.29 is 24.2 Å². The van der Waals surface area contributed by atoms with Crippen LogP contribution < -0.4 is 4.90 Å². The van der Waals surface area contributed by atoms with Crippen LogP contribution in [0.3, 0.4) is 0 Å². The quantitative estimate of drug-likeness (QED) is 0.670. The van der Waals surface area contributed by atoms with Gasteiger partial charge in [0, 0.05) is 12.5 Å². The van der Waals surface area contributed by atoms with Gasteiger partial charge in [-0.25, -0.2) is 9.69 Å². The lowest BCUT2D eigenvalue weighted by Crippen LogP contribution is -2.31. The molecule has 20 heavy (non-hydrogen) atoms. The number of carbonyl (C=O) groups excluding carboxylic acids is 2. The highest BCUT2D eigenvalue weighted by molar-refractivity contribution is 6.39. The van der Waals surface area contributed by atoms with E-state index in [1.165, 1.54) is 31.4 Å². The van der Waals surface area contributed by atoms with E-state index in [1.54, 1.807) is 6.92 Å². The van der Waals surface area contributed by atoms with Gasteiger partial charge in [0.2, 0.25) is 5.91 Å². The van der Waals surface area contributed by atoms with Gasteiger partial charge in [-0.3, -0.25) is 9.59 Å². The molecular formula is C14H13NO5. The molecule has 104 valence electrons. The molecule has 2 rings (SSSR count). The van der Waals surface area contributed by atoms with Crippen LogP contribution in [0.25, 0.3) is 5.57 Å². The topological polar surface area (TPSA) is 83.9 Å². The number of rotatable bonds is 3. The minimum atomic E-state index is -1.10. The Kier molecular flexibility index (Phi) is 3.56. The largest absolute Gasteiger partial charge is 0.501 e. The summed E-state index contributed by atoms with van der Waals surface area (Å²) >= 11 is 0. The smallest absolute Gasteiger partial charge is 0.335 e. The third kappa shape index (κ3) is 2.16. The maximum absolute atomic E-state index is 12.2. The van der Waals surface area contributed by atoms with E-state index >= 15 is 0 Å². The number of carboxylic acid groups (broad SMARTS) is 1. The highest BCUT2D eigenvalue weighted by Crippen LogP contribution is 2.37. The average molecular weight is 275 g/mol. The zero-order chi connectivity index (χ0) is 14.9. The third-order valence-electron chi connectivity index (χ3n) is 2.89. The first kappa shape index (κ1) is 13.8. The molecule has 0 atom stereocenters. The summed E-state index contributed by atoms with van der Waals surface area (Å²) in [4.78, 5) is 35.8. The van der Waals surface area contributed by atoms with E-state index in [-0.39, 0.29) is 11.1 Å². The molecule has 1 aliphatic heterocycles. The van der Waals surface area contributed by atoms with Gasteiger partial charge in [-0.2, -0.15) is 0 Å². The fraction of sp³-hybridized carbons (Fsp3) is 0.214. The number of carboxylic acids is 1. The highest BCUT2D eigenvalue weighted by atomic mass is 16.5. The lowest BCUT2D eigenvalue weighted by molar-refractivity contribution is -0.122. The van der Waals surface area contributed by atoms with Crippen molar-refractivity contribution in [2.45, 2.75) is 13.8 Å². The van der Waals surface area contributed by atoms with Crippen molar-refractivity contribution in [3.05, 3.63) is 35.6 Å². The Labute approximate surface area is 115 Å². The van der Waals surface area contributed by atoms with E-state index in [0.29, 0.717) is 17.9 Å². The summed E-state index contributed by atoms with van der Waals surface area (Å²) in [5.41, 5.74) is 0.988. The Morgan fingerprint density at radius 3 is 2.65 bits per heavy atom. The molecule has 6 heteroatoms. The van der Waals surface area contributed by atoms with E-state index in [2.05, 4.69) is 0 Å². The summed E-state index contributed by atoms with van der Waals surface area (Å²) in [6, 6.07) is 4.17. The van der Waals surface area contributed by atoms with Crippen LogP contribution in [0.1, 0.15) is 29.8 Å². The van der Waals surface area contributed by atoms with Gasteiger partial charge in [-0.1, -0.05) is 0 Å². The predicted octanol–water partition coefficient (Wildman–Crippen LogP) is 1.66. The van der Waals surface area contributed by atoms with Gasteiger partial charge in [0.15, 0.2) is 0 Å². The molecule has 1 N–H and O–H groups in total. The molecule has 6 nitrogen and oxygen atoms in total. The molecule has 0 aromatic heterocycles. The highest BCUT2D eigenvalue weighted by Gasteiger charge is 2.36. The molecule has 2 amide bonds. The van der Waals surface area contributed by atoms with Gasteiger partial charge in [-0.05, 0) is 25.1 Å². The maximum Gasteiger partial charge on any atom is 0.335 e. The van der Waals surface area contributed by atoms with Crippen LogP contribution in [0.15, 0.2) is 24.5 Å². The molecule has 0 unspecified atom stereocenters. The lowest BCUT2D eigenvalue weighted by atomic mass is 10.1. The van der Waals surface area contributed by atoms with Gasteiger partial charge in [0.25, 0.3) is 5.91 Å². The molecule has 0 aliphatic carbocycles. The second kappa shape index (κ2) is 5.16. The lowest BCUT2D eigenvalue weighted by Gasteiger charge is -2.11. The fourth-order valence-electron chi connectivity index (χ4n) is 2.02. The molecule has 0 saturated carbocycles. The number of hydrogen-bond acceptors (Lipinski definition) is 4. The molecule has 1 aliphatic rings. The van der Waals surface area contributed by atoms with Crippen LogP contribution in [-0.4, -0.2) is 29.5 Å². The molecule has 0 radical (unpaired) electrons. The molecule has 0 fully saturated rings. The van der Waals surface area contributed by atoms with Crippen molar-refractivity contribution >= 4 is 29.0 Å². The number of nitrogens with zero attached hydrogens (tertiary/aromatic N) is 1. The summed E-state index contributed by atoms with van der Waals surface area (Å²) in [5, 5.41) is 9.00. The summed E-state index contributed by atoms with van der Waals surface area (Å²) < 4.78 is 5.10. The van der Waals surface area contributed by atoms with E-state index in [1.807, 2.05) is 0 Å². The number of anilines is 1. The number of carbonyl (C=O) groups is 3. The molecule has 1 heterocycles. The second-order valence-electron chi connectivity index (χ2n) is 4.18. The van der Waals surface area contributed by atoms with Gasteiger partial charge in [0.05, 0.1) is 29.7 Å². The Bertz CT molecular complexity index is 632. The molecule has 0 spiro atoms. The first-order valence-electron chi connectivity index (χ1n) is 6.01. The molecular weight excluding hydrogens is 262 g/mol. The van der Waals surface area contributed by atoms with E-state index in [0.717, 1.165) is 4.90 Å². The fourth-order valence-corrected chi connectivity index (χ4v) is 2.02. The first-order chi connectivity index (χ1) is 9.47. The Morgan fingerprint density at radius 2 is 2.10 bits per heavy atom. The maximum atomic E-state index is 12.2. The summed E-state index contributed by atoms with van der Waals surface area (Å²) in [6.45, 7) is 3.40. The summed E-state index contributed by atoms with van der Waals surface area (Å²) in [5.74, 6) is -2.04. The number of aromatic carboxylic acids is 1. The van der Waals surface area contributed by atoms with Crippen molar-refractivity contribution in [3.8, 4) is 0 Å². The van der Waals surface area contributed by atoms with Gasteiger partial charge in [0.1, 0.15) is 0 Å². The van der Waals surface area contributed by atoms with Crippen LogP contribution in [-0.2, 0) is 14.3 Å². The molecule has 1 aromatic carbocycles. The Morgan fingerprint density at radius 1 is 1.40 bits per heavy atom. The minimum Gasteiger partial charge on any atom is -0.501 e. The third-order valence-corrected chi connectivity index (χ3v) is 2.89. The number of imide groups is 1. The van der Waals surface area contributed by atoms with Gasteiger partial charge >= 0.3 is 5.97 Å². The van der Waals surface area contributed by atoms with Crippen molar-refractivity contribution in [1.82, 2.24) is 0 Å². The van der Waals surface area contributed by atoms with Crippen molar-refractivity contribution in [3.63, 3.8) is 0 Å². The molecule has 0 saturated heterocycles. The number of amides is 2. The Balaban J connectivity index is 2.61. The SMILES string of the molecule is CCO/C=C1\C(=O)N(C(C)=O)c2ccc(C(=O)O)cc21. The van der Waals surface area contributed by atoms with Gasteiger partial charge < -0.3 is 9.84 Å². The van der Waals surface area contributed by atoms with Crippen LogP contribution in [0.5, 0.6) is 0 Å². The summed E-state index contributed by atoms with van der Waals surface area (Å²) in [7, 11) is 0. The number of hydrogen-bond donors (Lipinski definition) is 1. The minimum absolute atomic E-state index is 0.0457. The van der Waals surface area contributed by atoms with Crippen molar-refractivity contribution in [2.75, 3.05) is 11.5 Å². The molecule has 1 aromatic rings. The summed E-state index contributed by atoms with van der Waals surface area (Å²) in [6.07, 6.45) is 1.26. The zero-order valence-corrected chi connectivity index (χ0v) is 11.0. The zero-order valence-electron chi connectivity index (χ0n) is 11.0. The second-order valence-corrected chi connectivity index (χ2v) is 4.18. The number of fused-ring (bicyclic) bond motifs is 1. The van der Waals surface area contributed by atoms with E-state index in [4.69, 9.17) is 9.84 Å². The monoisotopic (exact) mass is 275 g/mol. The normalized spacial score (nSPS) is 15.4. The van der Waals surface area contributed by atoms with Crippen LogP contribution in [0.4, 0.5) is 5.69 Å². The van der Waals surface area contributed by atoms with Crippen LogP contribution in [0.2, 0.25) is 0 Å². The first-order valence-corrected chi connectivity index (χ1v) is 6.01. The van der Waals surface area contributed by atoms with Crippen molar-refractivity contribution in [2.24, 2.45) is 0 Å². The standard InChI is InChI=1S/C14H13NO5/c1-3-20-7-11-10-6-9(14(18)19)4-5-12(10)15(8(2)16)13(11)17/h4-7H,3H2,1-2H3,(H,18,19)/b11-7-. The van der Waals surface area contributed by atoms with Gasteiger partial charge in [-0.15, -0.1) is 0 Å². The van der Waals surface area contributed by atoms with Crippen LogP contribution in [0, 0.1) is 0 Å². The van der Waals surface area contributed by atoms with Crippen molar-refractivity contribution in [1.29, 1.82) is 0 Å². The predicted molar refractivity (Wildman–Crippen MR) is 71.2 cm³/mol. The number of benzene rings is 1.